The van der Waals surface area contributed by atoms with Gasteiger partial charge in [0.1, 0.15) is 18.2 Å². The number of para-hydroxylation sites is 2. The van der Waals surface area contributed by atoms with E-state index in [-0.39, 0.29) is 29.8 Å². The van der Waals surface area contributed by atoms with E-state index in [9.17, 15) is 4.39 Å². The highest BCUT2D eigenvalue weighted by Gasteiger charge is 2.07. The molecule has 0 fully saturated rings. The summed E-state index contributed by atoms with van der Waals surface area (Å²) in [5.41, 5.74) is 3.04. The molecular formula is C20H25FIN5. The van der Waals surface area contributed by atoms with Gasteiger partial charge in [-0.05, 0) is 43.2 Å². The van der Waals surface area contributed by atoms with Crippen LogP contribution < -0.4 is 10.6 Å². The lowest BCUT2D eigenvalue weighted by molar-refractivity contribution is 0.625. The van der Waals surface area contributed by atoms with Crippen LogP contribution in [0.2, 0.25) is 0 Å². The van der Waals surface area contributed by atoms with Gasteiger partial charge in [0, 0.05) is 20.1 Å². The van der Waals surface area contributed by atoms with E-state index in [0.29, 0.717) is 13.1 Å². The van der Waals surface area contributed by atoms with Crippen molar-refractivity contribution in [2.24, 2.45) is 12.0 Å². The number of guanidine groups is 1. The lowest BCUT2D eigenvalue weighted by Crippen LogP contribution is -2.38. The summed E-state index contributed by atoms with van der Waals surface area (Å²) in [6, 6.07) is 14.7. The Morgan fingerprint density at radius 1 is 1.15 bits per heavy atom. The number of aryl methyl sites for hydroxylation is 1. The van der Waals surface area contributed by atoms with Crippen LogP contribution in [0.1, 0.15) is 18.3 Å². The summed E-state index contributed by atoms with van der Waals surface area (Å²) in [5.74, 6) is 1.44. The molecular weight excluding hydrogens is 456 g/mol. The van der Waals surface area contributed by atoms with Crippen molar-refractivity contribution >= 4 is 41.0 Å². The van der Waals surface area contributed by atoms with Gasteiger partial charge in [-0.3, -0.25) is 0 Å². The Bertz CT molecular complexity index is 906. The maximum Gasteiger partial charge on any atom is 0.191 e. The van der Waals surface area contributed by atoms with E-state index in [0.717, 1.165) is 41.3 Å². The molecule has 0 aliphatic rings. The van der Waals surface area contributed by atoms with Crippen molar-refractivity contribution in [2.75, 3.05) is 13.1 Å². The van der Waals surface area contributed by atoms with E-state index in [1.54, 1.807) is 12.1 Å². The van der Waals surface area contributed by atoms with Crippen molar-refractivity contribution in [3.8, 4) is 0 Å². The number of fused-ring (bicyclic) bond motifs is 1. The number of hydrogen-bond acceptors (Lipinski definition) is 2. The van der Waals surface area contributed by atoms with Crippen LogP contribution in [0.4, 0.5) is 4.39 Å². The summed E-state index contributed by atoms with van der Waals surface area (Å²) in [4.78, 5) is 9.27. The summed E-state index contributed by atoms with van der Waals surface area (Å²) >= 11 is 0. The molecule has 0 spiro atoms. The van der Waals surface area contributed by atoms with Gasteiger partial charge in [0.05, 0.1) is 11.0 Å². The first-order chi connectivity index (χ1) is 12.7. The molecule has 27 heavy (non-hydrogen) atoms. The number of hydrogen-bond donors (Lipinski definition) is 2. The zero-order chi connectivity index (χ0) is 18.4. The van der Waals surface area contributed by atoms with Gasteiger partial charge < -0.3 is 15.2 Å². The average Bonchev–Trinajstić information content (AvgIpc) is 2.96. The topological polar surface area (TPSA) is 54.2 Å². The number of nitrogens with zero attached hydrogens (tertiary/aromatic N) is 3. The fourth-order valence-electron chi connectivity index (χ4n) is 2.85. The van der Waals surface area contributed by atoms with Crippen LogP contribution in [0.3, 0.4) is 0 Å². The Morgan fingerprint density at radius 2 is 1.96 bits per heavy atom. The summed E-state index contributed by atoms with van der Waals surface area (Å²) < 4.78 is 15.3. The fourth-order valence-corrected chi connectivity index (χ4v) is 2.85. The molecule has 144 valence electrons. The third kappa shape index (κ3) is 5.66. The lowest BCUT2D eigenvalue weighted by Gasteiger charge is -2.11. The Kier molecular flexibility index (Phi) is 8.02. The highest BCUT2D eigenvalue weighted by molar-refractivity contribution is 14.0. The van der Waals surface area contributed by atoms with Crippen LogP contribution in [0, 0.1) is 5.82 Å². The lowest BCUT2D eigenvalue weighted by atomic mass is 10.1. The maximum atomic E-state index is 13.2. The van der Waals surface area contributed by atoms with Crippen molar-refractivity contribution in [1.82, 2.24) is 20.2 Å². The molecule has 0 saturated carbocycles. The predicted octanol–water partition coefficient (Wildman–Crippen LogP) is 3.63. The van der Waals surface area contributed by atoms with E-state index in [4.69, 9.17) is 0 Å². The molecule has 0 saturated heterocycles. The number of halogens is 2. The molecule has 0 aliphatic carbocycles. The number of rotatable bonds is 6. The molecule has 7 heteroatoms. The highest BCUT2D eigenvalue weighted by atomic mass is 127. The monoisotopic (exact) mass is 481 g/mol. The number of benzene rings is 2. The number of aromatic nitrogens is 2. The molecule has 2 N–H and O–H groups in total. The second-order valence-electron chi connectivity index (χ2n) is 6.08. The third-order valence-electron chi connectivity index (χ3n) is 4.20. The Hall–Kier alpha value is -2.16. The van der Waals surface area contributed by atoms with E-state index < -0.39 is 0 Å². The van der Waals surface area contributed by atoms with Crippen molar-refractivity contribution in [3.63, 3.8) is 0 Å². The number of imidazole rings is 1. The van der Waals surface area contributed by atoms with E-state index in [2.05, 4.69) is 31.2 Å². The summed E-state index contributed by atoms with van der Waals surface area (Å²) in [5, 5.41) is 6.52. The van der Waals surface area contributed by atoms with Crippen molar-refractivity contribution in [3.05, 3.63) is 65.7 Å². The first kappa shape index (κ1) is 21.1. The number of nitrogens with one attached hydrogen (secondary N) is 2. The van der Waals surface area contributed by atoms with Crippen LogP contribution in [-0.4, -0.2) is 28.6 Å². The van der Waals surface area contributed by atoms with E-state index in [1.807, 2.05) is 38.2 Å². The quantitative estimate of drug-likeness (QED) is 0.321. The molecule has 5 nitrogen and oxygen atoms in total. The van der Waals surface area contributed by atoms with Crippen LogP contribution in [0.15, 0.2) is 53.5 Å². The van der Waals surface area contributed by atoms with Gasteiger partial charge >= 0.3 is 0 Å². The van der Waals surface area contributed by atoms with Crippen LogP contribution in [0.5, 0.6) is 0 Å². The minimum absolute atomic E-state index is 0. The summed E-state index contributed by atoms with van der Waals surface area (Å²) in [6.45, 7) is 3.96. The third-order valence-corrected chi connectivity index (χ3v) is 4.20. The second kappa shape index (κ2) is 10.2. The molecule has 0 radical (unpaired) electrons. The molecule has 0 atom stereocenters. The van der Waals surface area contributed by atoms with Gasteiger partial charge in [-0.2, -0.15) is 0 Å². The van der Waals surface area contributed by atoms with Crippen LogP contribution >= 0.6 is 24.0 Å². The SMILES string of the molecule is CCNC(=NCc1nc2ccccc2n1C)NCCc1cccc(F)c1.I. The molecule has 1 aromatic heterocycles. The standard InChI is InChI=1S/C20H24FN5.HI/c1-3-22-20(23-12-11-15-7-6-8-16(21)13-15)24-14-19-25-17-9-4-5-10-18(17)26(19)2;/h4-10,13H,3,11-12,14H2,1-2H3,(H2,22,23,24);1H. The van der Waals surface area contributed by atoms with Gasteiger partial charge in [0.15, 0.2) is 5.96 Å². The predicted molar refractivity (Wildman–Crippen MR) is 119 cm³/mol. The highest BCUT2D eigenvalue weighted by Crippen LogP contribution is 2.14. The normalized spacial score (nSPS) is 11.3. The maximum absolute atomic E-state index is 13.2. The molecule has 0 bridgehead atoms. The second-order valence-corrected chi connectivity index (χ2v) is 6.08. The van der Waals surface area contributed by atoms with Crippen LogP contribution in [-0.2, 0) is 20.0 Å². The molecule has 3 rings (SSSR count). The first-order valence-electron chi connectivity index (χ1n) is 8.84. The molecule has 1 heterocycles. The van der Waals surface area contributed by atoms with E-state index in [1.165, 1.54) is 6.07 Å². The summed E-state index contributed by atoms with van der Waals surface area (Å²) in [6.07, 6.45) is 0.731. The van der Waals surface area contributed by atoms with E-state index >= 15 is 0 Å². The van der Waals surface area contributed by atoms with Gasteiger partial charge in [-0.1, -0.05) is 24.3 Å². The Morgan fingerprint density at radius 3 is 2.70 bits per heavy atom. The van der Waals surface area contributed by atoms with Crippen molar-refractivity contribution in [2.45, 2.75) is 19.9 Å². The molecule has 2 aromatic carbocycles. The smallest absolute Gasteiger partial charge is 0.191 e. The van der Waals surface area contributed by atoms with Gasteiger partial charge in [-0.25, -0.2) is 14.4 Å². The molecule has 0 unspecified atom stereocenters. The largest absolute Gasteiger partial charge is 0.357 e. The Labute approximate surface area is 176 Å². The zero-order valence-corrected chi connectivity index (χ0v) is 17.9. The van der Waals surface area contributed by atoms with Crippen molar-refractivity contribution in [1.29, 1.82) is 0 Å². The van der Waals surface area contributed by atoms with Gasteiger partial charge in [0.2, 0.25) is 0 Å². The van der Waals surface area contributed by atoms with Gasteiger partial charge in [-0.15, -0.1) is 24.0 Å². The number of aliphatic imine (C=N–C) groups is 1. The fraction of sp³-hybridized carbons (Fsp3) is 0.300. The molecule has 0 amide bonds. The van der Waals surface area contributed by atoms with Crippen LogP contribution in [0.25, 0.3) is 11.0 Å². The molecule has 3 aromatic rings. The Balaban J connectivity index is 0.00000261. The molecule has 0 aliphatic heterocycles. The van der Waals surface area contributed by atoms with Crippen molar-refractivity contribution < 1.29 is 4.39 Å². The minimum atomic E-state index is -0.204. The average molecular weight is 481 g/mol. The zero-order valence-electron chi connectivity index (χ0n) is 15.6. The minimum Gasteiger partial charge on any atom is -0.357 e. The van der Waals surface area contributed by atoms with Gasteiger partial charge in [0.25, 0.3) is 0 Å². The summed E-state index contributed by atoms with van der Waals surface area (Å²) in [7, 11) is 2.00. The first-order valence-corrected chi connectivity index (χ1v) is 8.84.